The Bertz CT molecular complexity index is 448. The van der Waals surface area contributed by atoms with E-state index in [1.54, 1.807) is 0 Å². The van der Waals surface area contributed by atoms with Crippen molar-refractivity contribution in [1.82, 2.24) is 14.8 Å². The molecule has 1 fully saturated rings. The summed E-state index contributed by atoms with van der Waals surface area (Å²) in [5.74, 6) is 0. The smallest absolute Gasteiger partial charge is 0.0547 e. The Morgan fingerprint density at radius 3 is 2.81 bits per heavy atom. The SMILES string of the molecule is CCN1CCCC(CN)(N(C)Cc2cccc(C)n2)CC1. The molecule has 1 unspecified atom stereocenters. The highest BCUT2D eigenvalue weighted by Crippen LogP contribution is 2.28. The molecule has 0 aromatic carbocycles. The molecule has 0 radical (unpaired) electrons. The van der Waals surface area contributed by atoms with Gasteiger partial charge in [0.15, 0.2) is 0 Å². The lowest BCUT2D eigenvalue weighted by atomic mass is 9.88. The van der Waals surface area contributed by atoms with E-state index < -0.39 is 0 Å². The number of aromatic nitrogens is 1. The molecular formula is C17H30N4. The van der Waals surface area contributed by atoms with Gasteiger partial charge in [0.1, 0.15) is 0 Å². The number of hydrogen-bond acceptors (Lipinski definition) is 4. The standard InChI is InChI=1S/C17H30N4/c1-4-21-11-6-9-17(14-18,10-12-21)20(3)13-16-8-5-7-15(2)19-16/h5,7-8H,4,6,9-14,18H2,1-3H3. The predicted octanol–water partition coefficient (Wildman–Crippen LogP) is 2.03. The molecule has 1 aliphatic rings. The van der Waals surface area contributed by atoms with Crippen LogP contribution < -0.4 is 5.73 Å². The van der Waals surface area contributed by atoms with Crippen molar-refractivity contribution in [2.45, 2.75) is 45.2 Å². The van der Waals surface area contributed by atoms with Gasteiger partial charge in [0.2, 0.25) is 0 Å². The number of nitrogens with zero attached hydrogens (tertiary/aromatic N) is 3. The van der Waals surface area contributed by atoms with Crippen molar-refractivity contribution in [2.24, 2.45) is 5.73 Å². The topological polar surface area (TPSA) is 45.4 Å². The Hall–Kier alpha value is -0.970. The first kappa shape index (κ1) is 16.4. The van der Waals surface area contributed by atoms with E-state index in [0.29, 0.717) is 0 Å². The Kier molecular flexibility index (Phi) is 5.73. The molecule has 21 heavy (non-hydrogen) atoms. The fourth-order valence-corrected chi connectivity index (χ4v) is 3.39. The number of rotatable bonds is 5. The molecule has 2 N–H and O–H groups in total. The van der Waals surface area contributed by atoms with E-state index in [4.69, 9.17) is 5.73 Å². The molecule has 2 rings (SSSR count). The molecule has 4 nitrogen and oxygen atoms in total. The van der Waals surface area contributed by atoms with Crippen LogP contribution in [0.15, 0.2) is 18.2 Å². The summed E-state index contributed by atoms with van der Waals surface area (Å²) in [7, 11) is 2.21. The van der Waals surface area contributed by atoms with Crippen molar-refractivity contribution in [2.75, 3.05) is 33.2 Å². The third-order valence-corrected chi connectivity index (χ3v) is 4.99. The molecule has 0 bridgehead atoms. The molecule has 4 heteroatoms. The quantitative estimate of drug-likeness (QED) is 0.901. The molecular weight excluding hydrogens is 260 g/mol. The molecule has 1 atom stereocenters. The molecule has 118 valence electrons. The molecule has 1 aromatic rings. The van der Waals surface area contributed by atoms with E-state index in [1.165, 1.54) is 19.4 Å². The minimum atomic E-state index is 0.120. The zero-order chi connectivity index (χ0) is 15.3. The first-order valence-corrected chi connectivity index (χ1v) is 8.16. The van der Waals surface area contributed by atoms with E-state index in [9.17, 15) is 0 Å². The number of likely N-dealkylation sites (tertiary alicyclic amines) is 1. The van der Waals surface area contributed by atoms with Crippen LogP contribution in [-0.2, 0) is 6.54 Å². The summed E-state index contributed by atoms with van der Waals surface area (Å²) in [5, 5.41) is 0. The van der Waals surface area contributed by atoms with Crippen LogP contribution in [0.25, 0.3) is 0 Å². The lowest BCUT2D eigenvalue weighted by molar-refractivity contribution is 0.0981. The second kappa shape index (κ2) is 7.34. The van der Waals surface area contributed by atoms with Crippen LogP contribution in [0.5, 0.6) is 0 Å². The molecule has 0 aliphatic carbocycles. The summed E-state index contributed by atoms with van der Waals surface area (Å²) in [6.07, 6.45) is 3.57. The molecule has 0 saturated carbocycles. The zero-order valence-corrected chi connectivity index (χ0v) is 13.8. The first-order valence-electron chi connectivity index (χ1n) is 8.16. The summed E-state index contributed by atoms with van der Waals surface area (Å²) in [5.41, 5.74) is 8.54. The van der Waals surface area contributed by atoms with Crippen LogP contribution in [0.1, 0.15) is 37.6 Å². The van der Waals surface area contributed by atoms with Crippen molar-refractivity contribution in [1.29, 1.82) is 0 Å². The molecule has 0 spiro atoms. The van der Waals surface area contributed by atoms with Crippen molar-refractivity contribution in [3.05, 3.63) is 29.6 Å². The van der Waals surface area contributed by atoms with Crippen LogP contribution in [0, 0.1) is 6.92 Å². The monoisotopic (exact) mass is 290 g/mol. The lowest BCUT2D eigenvalue weighted by Gasteiger charge is -2.40. The van der Waals surface area contributed by atoms with Gasteiger partial charge in [-0.05, 0) is 65.0 Å². The summed E-state index contributed by atoms with van der Waals surface area (Å²) in [4.78, 5) is 9.61. The predicted molar refractivity (Wildman–Crippen MR) is 88.2 cm³/mol. The maximum Gasteiger partial charge on any atom is 0.0547 e. The van der Waals surface area contributed by atoms with Gasteiger partial charge in [-0.3, -0.25) is 9.88 Å². The van der Waals surface area contributed by atoms with Crippen LogP contribution >= 0.6 is 0 Å². The van der Waals surface area contributed by atoms with Gasteiger partial charge in [-0.25, -0.2) is 0 Å². The average molecular weight is 290 g/mol. The third kappa shape index (κ3) is 4.02. The second-order valence-corrected chi connectivity index (χ2v) is 6.34. The van der Waals surface area contributed by atoms with Crippen LogP contribution in [0.3, 0.4) is 0 Å². The van der Waals surface area contributed by atoms with Crippen molar-refractivity contribution in [3.63, 3.8) is 0 Å². The number of likely N-dealkylation sites (N-methyl/N-ethyl adjacent to an activating group) is 1. The van der Waals surface area contributed by atoms with Gasteiger partial charge in [-0.1, -0.05) is 13.0 Å². The normalized spacial score (nSPS) is 24.2. The highest BCUT2D eigenvalue weighted by Gasteiger charge is 2.35. The van der Waals surface area contributed by atoms with Gasteiger partial charge in [0.25, 0.3) is 0 Å². The summed E-state index contributed by atoms with van der Waals surface area (Å²) >= 11 is 0. The summed E-state index contributed by atoms with van der Waals surface area (Å²) < 4.78 is 0. The van der Waals surface area contributed by atoms with Gasteiger partial charge in [0.05, 0.1) is 5.69 Å². The van der Waals surface area contributed by atoms with Gasteiger partial charge < -0.3 is 10.6 Å². The van der Waals surface area contributed by atoms with Crippen molar-refractivity contribution in [3.8, 4) is 0 Å². The van der Waals surface area contributed by atoms with E-state index in [2.05, 4.69) is 40.9 Å². The van der Waals surface area contributed by atoms with Gasteiger partial charge in [-0.2, -0.15) is 0 Å². The van der Waals surface area contributed by atoms with E-state index in [-0.39, 0.29) is 5.54 Å². The van der Waals surface area contributed by atoms with Crippen molar-refractivity contribution < 1.29 is 0 Å². The second-order valence-electron chi connectivity index (χ2n) is 6.34. The Labute approximate surface area is 129 Å². The Balaban J connectivity index is 2.08. The van der Waals surface area contributed by atoms with Gasteiger partial charge in [-0.15, -0.1) is 0 Å². The first-order chi connectivity index (χ1) is 10.1. The highest BCUT2D eigenvalue weighted by atomic mass is 15.2. The number of aryl methyl sites for hydroxylation is 1. The Morgan fingerprint density at radius 2 is 2.14 bits per heavy atom. The van der Waals surface area contributed by atoms with E-state index >= 15 is 0 Å². The number of nitrogens with two attached hydrogens (primary N) is 1. The average Bonchev–Trinajstić information content (AvgIpc) is 2.70. The minimum absolute atomic E-state index is 0.120. The van der Waals surface area contributed by atoms with Crippen LogP contribution in [0.4, 0.5) is 0 Å². The van der Waals surface area contributed by atoms with Crippen molar-refractivity contribution >= 4 is 0 Å². The maximum absolute atomic E-state index is 6.20. The Morgan fingerprint density at radius 1 is 1.33 bits per heavy atom. The van der Waals surface area contributed by atoms with Crippen LogP contribution in [0.2, 0.25) is 0 Å². The molecule has 1 aliphatic heterocycles. The van der Waals surface area contributed by atoms with Gasteiger partial charge >= 0.3 is 0 Å². The zero-order valence-electron chi connectivity index (χ0n) is 13.8. The largest absolute Gasteiger partial charge is 0.329 e. The lowest BCUT2D eigenvalue weighted by Crippen LogP contribution is -2.52. The highest BCUT2D eigenvalue weighted by molar-refractivity contribution is 5.10. The number of pyridine rings is 1. The molecule has 1 aromatic heterocycles. The maximum atomic E-state index is 6.20. The third-order valence-electron chi connectivity index (χ3n) is 4.99. The fourth-order valence-electron chi connectivity index (χ4n) is 3.39. The van der Waals surface area contributed by atoms with Crippen LogP contribution in [-0.4, -0.2) is 53.5 Å². The summed E-state index contributed by atoms with van der Waals surface area (Å²) in [6.45, 7) is 9.40. The van der Waals surface area contributed by atoms with Gasteiger partial charge in [0, 0.05) is 24.3 Å². The number of hydrogen-bond donors (Lipinski definition) is 1. The van der Waals surface area contributed by atoms with E-state index in [1.807, 2.05) is 13.0 Å². The minimum Gasteiger partial charge on any atom is -0.329 e. The molecule has 0 amide bonds. The van der Waals surface area contributed by atoms with E-state index in [0.717, 1.165) is 44.0 Å². The molecule has 1 saturated heterocycles. The summed E-state index contributed by atoms with van der Waals surface area (Å²) in [6, 6.07) is 6.25. The molecule has 2 heterocycles. The fraction of sp³-hybridized carbons (Fsp3) is 0.706.